The van der Waals surface area contributed by atoms with Gasteiger partial charge in [0.25, 0.3) is 5.91 Å². The summed E-state index contributed by atoms with van der Waals surface area (Å²) < 4.78 is 0. The van der Waals surface area contributed by atoms with E-state index in [1.54, 1.807) is 23.1 Å². The smallest absolute Gasteiger partial charge is 0.322 e. The molecule has 1 atom stereocenters. The third-order valence-electron chi connectivity index (χ3n) is 4.54. The summed E-state index contributed by atoms with van der Waals surface area (Å²) in [5, 5.41) is 6.55. The predicted octanol–water partition coefficient (Wildman–Crippen LogP) is 2.08. The summed E-state index contributed by atoms with van der Waals surface area (Å²) in [6.07, 6.45) is 1.89. The average molecular weight is 351 g/mol. The summed E-state index contributed by atoms with van der Waals surface area (Å²) >= 11 is 6.26. The molecule has 0 radical (unpaired) electrons. The van der Waals surface area contributed by atoms with Crippen LogP contribution < -0.4 is 15.5 Å². The molecule has 6 nitrogen and oxygen atoms in total. The summed E-state index contributed by atoms with van der Waals surface area (Å²) in [7, 11) is 0. The molecular weight excluding hydrogens is 328 g/mol. The van der Waals surface area contributed by atoms with Gasteiger partial charge in [-0.3, -0.25) is 9.69 Å². The molecule has 1 aromatic rings. The number of benzene rings is 1. The number of halogens is 1. The van der Waals surface area contributed by atoms with Gasteiger partial charge in [0, 0.05) is 37.8 Å². The van der Waals surface area contributed by atoms with Crippen molar-refractivity contribution in [2.24, 2.45) is 0 Å². The topological polar surface area (TPSA) is 64.7 Å². The van der Waals surface area contributed by atoms with Gasteiger partial charge in [-0.05, 0) is 37.6 Å². The number of carbonyl (C=O) groups excluding carboxylic acids is 2. The quantitative estimate of drug-likeness (QED) is 0.854. The van der Waals surface area contributed by atoms with Crippen LogP contribution in [0.1, 0.15) is 30.1 Å². The van der Waals surface area contributed by atoms with E-state index in [1.165, 1.54) is 0 Å². The van der Waals surface area contributed by atoms with Crippen molar-refractivity contribution >= 4 is 29.2 Å². The maximum Gasteiger partial charge on any atom is 0.322 e. The minimum absolute atomic E-state index is 0.00284. The SMILES string of the molecule is CCCN(C(=O)c1ccc(Cl)c(N2CCNC2=O)c1)C1CCNC1. The summed E-state index contributed by atoms with van der Waals surface area (Å²) in [5.41, 5.74) is 1.17. The number of rotatable bonds is 5. The molecule has 3 amide bonds. The van der Waals surface area contributed by atoms with Gasteiger partial charge in [0.05, 0.1) is 10.7 Å². The van der Waals surface area contributed by atoms with E-state index in [1.807, 2.05) is 4.90 Å². The Labute approximate surface area is 147 Å². The number of urea groups is 1. The fourth-order valence-corrected chi connectivity index (χ4v) is 3.54. The molecule has 0 aliphatic carbocycles. The fourth-order valence-electron chi connectivity index (χ4n) is 3.32. The molecule has 0 saturated carbocycles. The maximum absolute atomic E-state index is 13.0. The minimum atomic E-state index is -0.174. The summed E-state index contributed by atoms with van der Waals surface area (Å²) in [6, 6.07) is 5.24. The Bertz CT molecular complexity index is 631. The first-order valence-corrected chi connectivity index (χ1v) is 8.86. The number of anilines is 1. The molecule has 2 aliphatic heterocycles. The van der Waals surface area contributed by atoms with E-state index >= 15 is 0 Å². The Morgan fingerprint density at radius 3 is 2.88 bits per heavy atom. The second-order valence-electron chi connectivity index (χ2n) is 6.19. The van der Waals surface area contributed by atoms with Crippen molar-refractivity contribution in [3.63, 3.8) is 0 Å². The second-order valence-corrected chi connectivity index (χ2v) is 6.60. The van der Waals surface area contributed by atoms with Crippen LogP contribution in [0, 0.1) is 0 Å². The van der Waals surface area contributed by atoms with Gasteiger partial charge in [0.2, 0.25) is 0 Å². The molecule has 1 aromatic carbocycles. The molecule has 0 spiro atoms. The maximum atomic E-state index is 13.0. The van der Waals surface area contributed by atoms with Crippen LogP contribution in [-0.4, -0.2) is 55.6 Å². The highest BCUT2D eigenvalue weighted by Crippen LogP contribution is 2.29. The van der Waals surface area contributed by atoms with Crippen molar-refractivity contribution in [1.29, 1.82) is 0 Å². The molecule has 2 aliphatic rings. The zero-order chi connectivity index (χ0) is 17.1. The zero-order valence-electron chi connectivity index (χ0n) is 13.8. The van der Waals surface area contributed by atoms with E-state index in [9.17, 15) is 9.59 Å². The predicted molar refractivity (Wildman–Crippen MR) is 94.8 cm³/mol. The van der Waals surface area contributed by atoms with Crippen molar-refractivity contribution in [1.82, 2.24) is 15.5 Å². The monoisotopic (exact) mass is 350 g/mol. The molecule has 2 saturated heterocycles. The molecule has 3 rings (SSSR count). The van der Waals surface area contributed by atoms with Crippen molar-refractivity contribution in [3.05, 3.63) is 28.8 Å². The van der Waals surface area contributed by atoms with Gasteiger partial charge < -0.3 is 15.5 Å². The second kappa shape index (κ2) is 7.40. The van der Waals surface area contributed by atoms with Gasteiger partial charge in [-0.2, -0.15) is 0 Å². The van der Waals surface area contributed by atoms with Crippen LogP contribution in [0.2, 0.25) is 5.02 Å². The molecule has 0 bridgehead atoms. The fraction of sp³-hybridized carbons (Fsp3) is 0.529. The van der Waals surface area contributed by atoms with Crippen LogP contribution in [0.4, 0.5) is 10.5 Å². The highest BCUT2D eigenvalue weighted by atomic mass is 35.5. The van der Waals surface area contributed by atoms with E-state index in [0.717, 1.165) is 32.5 Å². The van der Waals surface area contributed by atoms with Crippen LogP contribution >= 0.6 is 11.6 Å². The van der Waals surface area contributed by atoms with Gasteiger partial charge in [-0.1, -0.05) is 18.5 Å². The van der Waals surface area contributed by atoms with Crippen LogP contribution in [0.15, 0.2) is 18.2 Å². The molecule has 2 fully saturated rings. The van der Waals surface area contributed by atoms with E-state index in [2.05, 4.69) is 17.6 Å². The lowest BCUT2D eigenvalue weighted by molar-refractivity contribution is 0.0692. The number of nitrogens with one attached hydrogen (secondary N) is 2. The normalized spacial score (nSPS) is 20.3. The number of hydrogen-bond donors (Lipinski definition) is 2. The van der Waals surface area contributed by atoms with Crippen molar-refractivity contribution < 1.29 is 9.59 Å². The van der Waals surface area contributed by atoms with Gasteiger partial charge in [0.1, 0.15) is 0 Å². The Morgan fingerprint density at radius 1 is 1.42 bits per heavy atom. The van der Waals surface area contributed by atoms with Crippen molar-refractivity contribution in [2.45, 2.75) is 25.8 Å². The Hall–Kier alpha value is -1.79. The third kappa shape index (κ3) is 3.35. The van der Waals surface area contributed by atoms with E-state index < -0.39 is 0 Å². The Kier molecular flexibility index (Phi) is 5.26. The largest absolute Gasteiger partial charge is 0.336 e. The van der Waals surface area contributed by atoms with Crippen molar-refractivity contribution in [2.75, 3.05) is 37.6 Å². The lowest BCUT2D eigenvalue weighted by atomic mass is 10.1. The average Bonchev–Trinajstić information content (AvgIpc) is 3.24. The summed E-state index contributed by atoms with van der Waals surface area (Å²) in [4.78, 5) is 28.4. The standard InChI is InChI=1S/C17H23ClN4O2/c1-2-8-21(13-5-6-19-11-13)16(23)12-3-4-14(18)15(10-12)22-9-7-20-17(22)24/h3-4,10,13,19H,2,5-9,11H2,1H3,(H,20,24). The molecule has 1 unspecified atom stereocenters. The molecular formula is C17H23ClN4O2. The first-order valence-electron chi connectivity index (χ1n) is 8.48. The minimum Gasteiger partial charge on any atom is -0.336 e. The first-order chi connectivity index (χ1) is 11.6. The van der Waals surface area contributed by atoms with Crippen LogP contribution in [0.25, 0.3) is 0 Å². The van der Waals surface area contributed by atoms with E-state index in [0.29, 0.717) is 29.4 Å². The van der Waals surface area contributed by atoms with Crippen molar-refractivity contribution in [3.8, 4) is 0 Å². The van der Waals surface area contributed by atoms with Crippen LogP contribution in [-0.2, 0) is 0 Å². The Morgan fingerprint density at radius 2 is 2.25 bits per heavy atom. The molecule has 7 heteroatoms. The number of nitrogens with zero attached hydrogens (tertiary/aromatic N) is 2. The Balaban J connectivity index is 1.87. The molecule has 2 N–H and O–H groups in total. The lowest BCUT2D eigenvalue weighted by Crippen LogP contribution is -2.42. The first kappa shape index (κ1) is 17.0. The van der Waals surface area contributed by atoms with Gasteiger partial charge in [-0.25, -0.2) is 4.79 Å². The number of amides is 3. The molecule has 130 valence electrons. The zero-order valence-corrected chi connectivity index (χ0v) is 14.6. The molecule has 24 heavy (non-hydrogen) atoms. The van der Waals surface area contributed by atoms with E-state index in [-0.39, 0.29) is 18.0 Å². The lowest BCUT2D eigenvalue weighted by Gasteiger charge is -2.29. The molecule has 2 heterocycles. The van der Waals surface area contributed by atoms with Gasteiger partial charge >= 0.3 is 6.03 Å². The highest BCUT2D eigenvalue weighted by Gasteiger charge is 2.28. The van der Waals surface area contributed by atoms with Crippen LogP contribution in [0.3, 0.4) is 0 Å². The van der Waals surface area contributed by atoms with Gasteiger partial charge in [-0.15, -0.1) is 0 Å². The third-order valence-corrected chi connectivity index (χ3v) is 4.86. The summed E-state index contributed by atoms with van der Waals surface area (Å²) in [6.45, 7) is 5.72. The molecule has 0 aromatic heterocycles. The highest BCUT2D eigenvalue weighted by molar-refractivity contribution is 6.34. The van der Waals surface area contributed by atoms with Crippen LogP contribution in [0.5, 0.6) is 0 Å². The van der Waals surface area contributed by atoms with E-state index in [4.69, 9.17) is 11.6 Å². The summed E-state index contributed by atoms with van der Waals surface area (Å²) in [5.74, 6) is 0.00284. The van der Waals surface area contributed by atoms with Gasteiger partial charge in [0.15, 0.2) is 0 Å². The number of hydrogen-bond acceptors (Lipinski definition) is 3. The number of carbonyl (C=O) groups is 2.